The maximum atomic E-state index is 14.6. The van der Waals surface area contributed by atoms with Gasteiger partial charge in [-0.05, 0) is 98.3 Å². The molecule has 7 heteroatoms. The van der Waals surface area contributed by atoms with Crippen LogP contribution in [0.4, 0.5) is 4.39 Å². The average molecular weight is 497 g/mol. The number of fused-ring (bicyclic) bond motifs is 1. The molecule has 4 saturated carbocycles. The van der Waals surface area contributed by atoms with Gasteiger partial charge < -0.3 is 5.32 Å². The number of carbonyl (C=O) groups excluding carboxylic acids is 1. The Morgan fingerprint density at radius 1 is 0.971 bits per heavy atom. The summed E-state index contributed by atoms with van der Waals surface area (Å²) in [6.45, 7) is 2.16. The minimum Gasteiger partial charge on any atom is -0.352 e. The Bertz CT molecular complexity index is 1230. The standard InChI is InChI=1S/C28H33FN2O3S/c1-18(28-14-19-10-20(15-28)12-21(11-19)16-28)30-27(32)25-13-22-6-2-3-7-23(22)17-31(25)35(33,34)26-9-5-4-8-24(26)29/h2-9,18-21,25H,10-17H2,1H3,(H,30,32). The number of rotatable bonds is 5. The van der Waals surface area contributed by atoms with E-state index in [0.717, 1.165) is 54.2 Å². The molecule has 5 aliphatic rings. The van der Waals surface area contributed by atoms with E-state index in [1.54, 1.807) is 0 Å². The summed E-state index contributed by atoms with van der Waals surface area (Å²) in [5, 5.41) is 3.27. The first kappa shape index (κ1) is 23.2. The van der Waals surface area contributed by atoms with Crippen molar-refractivity contribution < 1.29 is 17.6 Å². The van der Waals surface area contributed by atoms with Crippen LogP contribution in [0.3, 0.4) is 0 Å². The third kappa shape index (κ3) is 3.91. The van der Waals surface area contributed by atoms with E-state index in [2.05, 4.69) is 12.2 Å². The van der Waals surface area contributed by atoms with Crippen molar-refractivity contribution in [1.82, 2.24) is 9.62 Å². The van der Waals surface area contributed by atoms with Gasteiger partial charge in [-0.25, -0.2) is 12.8 Å². The van der Waals surface area contributed by atoms with Crippen molar-refractivity contribution in [2.45, 2.75) is 75.4 Å². The van der Waals surface area contributed by atoms with Gasteiger partial charge in [-0.15, -0.1) is 0 Å². The molecule has 1 heterocycles. The number of sulfonamides is 1. The molecule has 4 aliphatic carbocycles. The van der Waals surface area contributed by atoms with E-state index in [1.165, 1.54) is 41.8 Å². The zero-order valence-electron chi connectivity index (χ0n) is 20.1. The van der Waals surface area contributed by atoms with Crippen LogP contribution in [0.2, 0.25) is 0 Å². The summed E-state index contributed by atoms with van der Waals surface area (Å²) < 4.78 is 43.1. The summed E-state index contributed by atoms with van der Waals surface area (Å²) in [4.78, 5) is 13.4. The predicted molar refractivity (Wildman–Crippen MR) is 131 cm³/mol. The van der Waals surface area contributed by atoms with Gasteiger partial charge in [0, 0.05) is 12.6 Å². The molecule has 5 nitrogen and oxygen atoms in total. The minimum absolute atomic E-state index is 0.0152. The second-order valence-corrected chi connectivity index (χ2v) is 13.3. The fourth-order valence-electron chi connectivity index (χ4n) is 7.93. The Morgan fingerprint density at radius 2 is 1.54 bits per heavy atom. The van der Waals surface area contributed by atoms with E-state index in [0.29, 0.717) is 0 Å². The quantitative estimate of drug-likeness (QED) is 0.655. The van der Waals surface area contributed by atoms with Gasteiger partial charge in [0.2, 0.25) is 15.9 Å². The molecule has 4 fully saturated rings. The number of benzene rings is 2. The highest BCUT2D eigenvalue weighted by Gasteiger charge is 2.54. The van der Waals surface area contributed by atoms with E-state index in [1.807, 2.05) is 24.3 Å². The highest BCUT2D eigenvalue weighted by molar-refractivity contribution is 7.89. The smallest absolute Gasteiger partial charge is 0.247 e. The van der Waals surface area contributed by atoms with Gasteiger partial charge in [-0.2, -0.15) is 4.31 Å². The number of nitrogens with one attached hydrogen (secondary N) is 1. The van der Waals surface area contributed by atoms with Crippen LogP contribution in [0.1, 0.15) is 56.6 Å². The molecule has 2 aromatic rings. The highest BCUT2D eigenvalue weighted by atomic mass is 32.2. The summed E-state index contributed by atoms with van der Waals surface area (Å²) in [6.07, 6.45) is 7.74. The van der Waals surface area contributed by atoms with E-state index in [-0.39, 0.29) is 35.2 Å². The monoisotopic (exact) mass is 496 g/mol. The molecule has 1 N–H and O–H groups in total. The first-order valence-corrected chi connectivity index (χ1v) is 14.3. The Morgan fingerprint density at radius 3 is 2.17 bits per heavy atom. The van der Waals surface area contributed by atoms with Crippen LogP contribution in [-0.2, 0) is 27.8 Å². The number of halogens is 1. The van der Waals surface area contributed by atoms with Gasteiger partial charge in [0.1, 0.15) is 16.8 Å². The van der Waals surface area contributed by atoms with Crippen LogP contribution < -0.4 is 5.32 Å². The molecule has 0 radical (unpaired) electrons. The maximum Gasteiger partial charge on any atom is 0.247 e. The lowest BCUT2D eigenvalue weighted by molar-refractivity contribution is -0.130. The third-order valence-corrected chi connectivity index (χ3v) is 11.2. The Labute approximate surface area is 207 Å². The molecule has 0 aromatic heterocycles. The largest absolute Gasteiger partial charge is 0.352 e. The lowest BCUT2D eigenvalue weighted by atomic mass is 9.48. The van der Waals surface area contributed by atoms with Gasteiger partial charge in [-0.3, -0.25) is 4.79 Å². The van der Waals surface area contributed by atoms with E-state index >= 15 is 0 Å². The van der Waals surface area contributed by atoms with Crippen LogP contribution in [0.15, 0.2) is 53.4 Å². The number of hydrogen-bond acceptors (Lipinski definition) is 3. The molecule has 7 rings (SSSR count). The molecule has 1 aliphatic heterocycles. The van der Waals surface area contributed by atoms with Gasteiger partial charge in [0.25, 0.3) is 0 Å². The fraction of sp³-hybridized carbons (Fsp3) is 0.536. The Balaban J connectivity index is 1.30. The lowest BCUT2D eigenvalue weighted by Crippen LogP contribution is -2.59. The molecule has 0 spiro atoms. The summed E-state index contributed by atoms with van der Waals surface area (Å²) >= 11 is 0. The summed E-state index contributed by atoms with van der Waals surface area (Å²) in [7, 11) is -4.21. The third-order valence-electron chi connectivity index (χ3n) is 9.29. The van der Waals surface area contributed by atoms with Crippen LogP contribution >= 0.6 is 0 Å². The highest BCUT2D eigenvalue weighted by Crippen LogP contribution is 2.61. The first-order valence-electron chi connectivity index (χ1n) is 12.9. The fourth-order valence-corrected chi connectivity index (χ4v) is 9.56. The van der Waals surface area contributed by atoms with Gasteiger partial charge in [0.15, 0.2) is 0 Å². The summed E-state index contributed by atoms with van der Waals surface area (Å²) in [5.74, 6) is 1.22. The Kier molecular flexibility index (Phi) is 5.57. The van der Waals surface area contributed by atoms with Crippen molar-refractivity contribution in [2.75, 3.05) is 0 Å². The molecule has 0 saturated heterocycles. The zero-order valence-corrected chi connectivity index (χ0v) is 20.9. The van der Waals surface area contributed by atoms with Gasteiger partial charge >= 0.3 is 0 Å². The topological polar surface area (TPSA) is 66.5 Å². The van der Waals surface area contributed by atoms with Crippen LogP contribution in [-0.4, -0.2) is 30.7 Å². The zero-order chi connectivity index (χ0) is 24.4. The average Bonchev–Trinajstić information content (AvgIpc) is 2.82. The minimum atomic E-state index is -4.21. The maximum absolute atomic E-state index is 14.6. The van der Waals surface area contributed by atoms with Crippen LogP contribution in [0.5, 0.6) is 0 Å². The summed E-state index contributed by atoms with van der Waals surface area (Å²) in [6, 6.07) is 12.1. The van der Waals surface area contributed by atoms with Crippen LogP contribution in [0.25, 0.3) is 0 Å². The van der Waals surface area contributed by atoms with Crippen molar-refractivity contribution in [3.8, 4) is 0 Å². The molecular weight excluding hydrogens is 463 g/mol. The molecule has 2 aromatic carbocycles. The van der Waals surface area contributed by atoms with Crippen molar-refractivity contribution in [3.63, 3.8) is 0 Å². The van der Waals surface area contributed by atoms with Gasteiger partial charge in [-0.1, -0.05) is 36.4 Å². The molecule has 4 bridgehead atoms. The second kappa shape index (κ2) is 8.41. The number of hydrogen-bond donors (Lipinski definition) is 1. The van der Waals surface area contributed by atoms with E-state index < -0.39 is 21.9 Å². The number of carbonyl (C=O) groups is 1. The van der Waals surface area contributed by atoms with Crippen molar-refractivity contribution in [3.05, 3.63) is 65.5 Å². The number of nitrogens with zero attached hydrogens (tertiary/aromatic N) is 1. The van der Waals surface area contributed by atoms with E-state index in [9.17, 15) is 17.6 Å². The van der Waals surface area contributed by atoms with E-state index in [4.69, 9.17) is 0 Å². The molecule has 1 amide bonds. The first-order chi connectivity index (χ1) is 16.7. The molecule has 2 atom stereocenters. The predicted octanol–water partition coefficient (Wildman–Crippen LogP) is 4.66. The SMILES string of the molecule is CC(NC(=O)C1Cc2ccccc2CN1S(=O)(=O)c1ccccc1F)C12CC3CC(CC(C3)C1)C2. The van der Waals surface area contributed by atoms with Crippen molar-refractivity contribution >= 4 is 15.9 Å². The molecule has 186 valence electrons. The van der Waals surface area contributed by atoms with Gasteiger partial charge in [0.05, 0.1) is 0 Å². The van der Waals surface area contributed by atoms with Crippen LogP contribution in [0, 0.1) is 29.0 Å². The van der Waals surface area contributed by atoms with Crippen molar-refractivity contribution in [1.29, 1.82) is 0 Å². The second-order valence-electron chi connectivity index (χ2n) is 11.5. The number of amides is 1. The van der Waals surface area contributed by atoms with Crippen molar-refractivity contribution in [2.24, 2.45) is 23.2 Å². The molecule has 2 unspecified atom stereocenters. The normalized spacial score (nSPS) is 32.7. The molecule has 35 heavy (non-hydrogen) atoms. The lowest BCUT2D eigenvalue weighted by Gasteiger charge is -2.59. The molecular formula is C28H33FN2O3S. The summed E-state index contributed by atoms with van der Waals surface area (Å²) in [5.41, 5.74) is 1.94. The Hall–Kier alpha value is -2.25.